The van der Waals surface area contributed by atoms with Gasteiger partial charge in [-0.05, 0) is 30.3 Å². The summed E-state index contributed by atoms with van der Waals surface area (Å²) in [5.74, 6) is 0.205. The van der Waals surface area contributed by atoms with E-state index in [1.165, 1.54) is 12.1 Å². The van der Waals surface area contributed by atoms with Crippen molar-refractivity contribution in [2.45, 2.75) is 4.90 Å². The molecule has 1 aliphatic heterocycles. The molecule has 2 aromatic rings. The van der Waals surface area contributed by atoms with E-state index in [2.05, 4.69) is 14.7 Å². The Kier molecular flexibility index (Phi) is 3.30. The third-order valence-electron chi connectivity index (χ3n) is 3.04. The zero-order valence-corrected chi connectivity index (χ0v) is 12.6. The second-order valence-corrected chi connectivity index (χ2v) is 6.43. The highest BCUT2D eigenvalue weighted by molar-refractivity contribution is 7.90. The number of nitrogens with one attached hydrogen (secondary N) is 1. The van der Waals surface area contributed by atoms with E-state index >= 15 is 0 Å². The maximum Gasteiger partial charge on any atom is 0.287 e. The van der Waals surface area contributed by atoms with E-state index in [1.54, 1.807) is 42.5 Å². The van der Waals surface area contributed by atoms with Crippen LogP contribution >= 0.6 is 11.6 Å². The van der Waals surface area contributed by atoms with Gasteiger partial charge >= 0.3 is 0 Å². The number of hydrogen-bond donors (Lipinski definition) is 1. The van der Waals surface area contributed by atoms with E-state index in [4.69, 9.17) is 11.6 Å². The van der Waals surface area contributed by atoms with E-state index in [-0.39, 0.29) is 10.9 Å². The highest BCUT2D eigenvalue weighted by atomic mass is 35.5. The van der Waals surface area contributed by atoms with Crippen LogP contribution < -0.4 is 10.2 Å². The molecule has 8 heteroatoms. The number of hydrogen-bond acceptors (Lipinski definition) is 5. The van der Waals surface area contributed by atoms with Gasteiger partial charge in [-0.3, -0.25) is 4.98 Å². The van der Waals surface area contributed by atoms with Crippen LogP contribution in [-0.4, -0.2) is 26.4 Å². The molecule has 0 atom stereocenters. The van der Waals surface area contributed by atoms with E-state index in [1.807, 2.05) is 0 Å². The van der Waals surface area contributed by atoms with Crippen LogP contribution in [0.25, 0.3) is 0 Å². The normalized spacial score (nSPS) is 15.6. The van der Waals surface area contributed by atoms with Crippen LogP contribution in [0.15, 0.2) is 52.0 Å². The Balaban J connectivity index is 2.05. The predicted octanol–water partition coefficient (Wildman–Crippen LogP) is 2.34. The fourth-order valence-electron chi connectivity index (χ4n) is 1.97. The van der Waals surface area contributed by atoms with Crippen LogP contribution in [0.5, 0.6) is 0 Å². The molecule has 108 valence electrons. The average Bonchev–Trinajstić information content (AvgIpc) is 2.46. The van der Waals surface area contributed by atoms with Gasteiger partial charge in [-0.2, -0.15) is 8.42 Å². The summed E-state index contributed by atoms with van der Waals surface area (Å²) in [7, 11) is -2.04. The lowest BCUT2D eigenvalue weighted by atomic mass is 10.3. The van der Waals surface area contributed by atoms with Crippen LogP contribution in [0.2, 0.25) is 5.02 Å². The molecule has 0 spiro atoms. The van der Waals surface area contributed by atoms with Gasteiger partial charge in [0.2, 0.25) is 5.96 Å². The molecule has 1 aromatic carbocycles. The Labute approximate surface area is 127 Å². The molecule has 0 bridgehead atoms. The number of aromatic nitrogens is 1. The van der Waals surface area contributed by atoms with E-state index in [0.29, 0.717) is 10.7 Å². The Morgan fingerprint density at radius 1 is 1.19 bits per heavy atom. The van der Waals surface area contributed by atoms with Crippen LogP contribution in [0.3, 0.4) is 0 Å². The lowest BCUT2D eigenvalue weighted by molar-refractivity contribution is 0.597. The SMILES string of the molecule is CN(C1=NS(=O)(=O)c2ccc(Cl)cc2N1)c1ccncc1. The fourth-order valence-corrected chi connectivity index (χ4v) is 3.26. The van der Waals surface area contributed by atoms with Crippen molar-refractivity contribution in [3.05, 3.63) is 47.7 Å². The minimum absolute atomic E-state index is 0.110. The van der Waals surface area contributed by atoms with Crippen molar-refractivity contribution in [1.29, 1.82) is 0 Å². The second-order valence-electron chi connectivity index (χ2n) is 4.42. The van der Waals surface area contributed by atoms with Crippen molar-refractivity contribution >= 4 is 39.0 Å². The maximum absolute atomic E-state index is 12.2. The van der Waals surface area contributed by atoms with Crippen LogP contribution in [0.1, 0.15) is 0 Å². The summed E-state index contributed by atoms with van der Waals surface area (Å²) in [5, 5.41) is 3.43. The quantitative estimate of drug-likeness (QED) is 0.872. The highest BCUT2D eigenvalue weighted by Crippen LogP contribution is 2.30. The van der Waals surface area contributed by atoms with Crippen molar-refractivity contribution in [1.82, 2.24) is 4.98 Å². The molecule has 2 heterocycles. The van der Waals surface area contributed by atoms with Crippen molar-refractivity contribution in [3.8, 4) is 0 Å². The summed E-state index contributed by atoms with van der Waals surface area (Å²) < 4.78 is 28.2. The number of sulfonamides is 1. The first-order valence-corrected chi connectivity index (χ1v) is 7.84. The molecule has 3 rings (SSSR count). The lowest BCUT2D eigenvalue weighted by Gasteiger charge is -2.25. The first kappa shape index (κ1) is 13.8. The van der Waals surface area contributed by atoms with Gasteiger partial charge in [0.15, 0.2) is 0 Å². The number of anilines is 2. The molecule has 6 nitrogen and oxygen atoms in total. The second kappa shape index (κ2) is 5.01. The van der Waals surface area contributed by atoms with Gasteiger partial charge in [0.1, 0.15) is 4.90 Å². The zero-order chi connectivity index (χ0) is 15.0. The minimum atomic E-state index is -3.75. The van der Waals surface area contributed by atoms with Crippen molar-refractivity contribution in [2.24, 2.45) is 4.40 Å². The average molecular weight is 323 g/mol. The van der Waals surface area contributed by atoms with Gasteiger partial charge in [0, 0.05) is 30.2 Å². The molecule has 1 N–H and O–H groups in total. The molecule has 21 heavy (non-hydrogen) atoms. The fraction of sp³-hybridized carbons (Fsp3) is 0.0769. The van der Waals surface area contributed by atoms with Crippen LogP contribution in [-0.2, 0) is 10.0 Å². The largest absolute Gasteiger partial charge is 0.324 e. The summed E-state index contributed by atoms with van der Waals surface area (Å²) in [6, 6.07) is 8.03. The van der Waals surface area contributed by atoms with Crippen LogP contribution in [0, 0.1) is 0 Å². The zero-order valence-electron chi connectivity index (χ0n) is 11.0. The number of pyridine rings is 1. The van der Waals surface area contributed by atoms with Gasteiger partial charge in [-0.25, -0.2) is 0 Å². The van der Waals surface area contributed by atoms with Gasteiger partial charge in [-0.1, -0.05) is 11.6 Å². The van der Waals surface area contributed by atoms with E-state index < -0.39 is 10.0 Å². The maximum atomic E-state index is 12.2. The molecule has 0 amide bonds. The number of guanidine groups is 1. The topological polar surface area (TPSA) is 74.7 Å². The van der Waals surface area contributed by atoms with Crippen molar-refractivity contribution in [3.63, 3.8) is 0 Å². The Hall–Kier alpha value is -2.12. The Morgan fingerprint density at radius 2 is 1.90 bits per heavy atom. The molecule has 0 unspecified atom stereocenters. The smallest absolute Gasteiger partial charge is 0.287 e. The standard InChI is InChI=1S/C13H11ClN4O2S/c1-18(10-4-6-15-7-5-10)13-16-11-8-9(14)2-3-12(11)21(19,20)17-13/h2-8H,1H3,(H,16,17). The van der Waals surface area contributed by atoms with Crippen molar-refractivity contribution < 1.29 is 8.42 Å². The Morgan fingerprint density at radius 3 is 2.62 bits per heavy atom. The van der Waals surface area contributed by atoms with Crippen LogP contribution in [0.4, 0.5) is 11.4 Å². The molecule has 0 fully saturated rings. The minimum Gasteiger partial charge on any atom is -0.324 e. The summed E-state index contributed by atoms with van der Waals surface area (Å²) in [6.45, 7) is 0. The summed E-state index contributed by atoms with van der Waals surface area (Å²) in [5.41, 5.74) is 1.17. The first-order chi connectivity index (χ1) is 9.97. The number of nitrogens with zero attached hydrogens (tertiary/aromatic N) is 3. The number of rotatable bonds is 1. The summed E-state index contributed by atoms with van der Waals surface area (Å²) in [4.78, 5) is 5.66. The van der Waals surface area contributed by atoms with Gasteiger partial charge in [0.25, 0.3) is 10.0 Å². The molecule has 0 saturated heterocycles. The number of halogens is 1. The number of benzene rings is 1. The molecule has 0 aliphatic carbocycles. The van der Waals surface area contributed by atoms with E-state index in [9.17, 15) is 8.42 Å². The molecule has 1 aliphatic rings. The molecule has 0 radical (unpaired) electrons. The third kappa shape index (κ3) is 2.57. The van der Waals surface area contributed by atoms with E-state index in [0.717, 1.165) is 5.69 Å². The number of fused-ring (bicyclic) bond motifs is 1. The van der Waals surface area contributed by atoms with Gasteiger partial charge in [-0.15, -0.1) is 4.40 Å². The van der Waals surface area contributed by atoms with Gasteiger partial charge in [0.05, 0.1) is 5.69 Å². The summed E-state index contributed by atoms with van der Waals surface area (Å²) in [6.07, 6.45) is 3.24. The highest BCUT2D eigenvalue weighted by Gasteiger charge is 2.27. The summed E-state index contributed by atoms with van der Waals surface area (Å²) >= 11 is 5.92. The van der Waals surface area contributed by atoms with Gasteiger partial charge < -0.3 is 10.2 Å². The molecule has 1 aromatic heterocycles. The molecular weight excluding hydrogens is 312 g/mol. The third-order valence-corrected chi connectivity index (χ3v) is 4.60. The Bertz CT molecular complexity index is 821. The predicted molar refractivity (Wildman–Crippen MR) is 82.3 cm³/mol. The van der Waals surface area contributed by atoms with Crippen molar-refractivity contribution in [2.75, 3.05) is 17.3 Å². The first-order valence-electron chi connectivity index (χ1n) is 6.03. The lowest BCUT2D eigenvalue weighted by Crippen LogP contribution is -2.36. The molecule has 0 saturated carbocycles. The monoisotopic (exact) mass is 322 g/mol. The molecular formula is C13H11ClN4O2S.